The molecule has 61 heavy (non-hydrogen) atoms. The van der Waals surface area contributed by atoms with Crippen LogP contribution in [0.1, 0.15) is 17.7 Å². The number of benzene rings is 9. The molecule has 0 saturated carbocycles. The Bertz CT molecular complexity index is 3450. The lowest BCUT2D eigenvalue weighted by Crippen LogP contribution is -2.09. The third-order valence-electron chi connectivity index (χ3n) is 12.5. The number of furan rings is 1. The van der Waals surface area contributed by atoms with Gasteiger partial charge < -0.3 is 13.9 Å². The number of anilines is 3. The molecule has 0 unspecified atom stereocenters. The zero-order chi connectivity index (χ0) is 40.3. The van der Waals surface area contributed by atoms with Crippen molar-refractivity contribution in [2.75, 3.05) is 4.90 Å². The summed E-state index contributed by atoms with van der Waals surface area (Å²) in [7, 11) is 0. The van der Waals surface area contributed by atoms with E-state index in [2.05, 4.69) is 216 Å². The van der Waals surface area contributed by atoms with Crippen molar-refractivity contribution in [3.63, 3.8) is 0 Å². The Kier molecular flexibility index (Phi) is 8.31. The fourth-order valence-corrected chi connectivity index (χ4v) is 9.50. The highest BCUT2D eigenvalue weighted by Crippen LogP contribution is 2.43. The highest BCUT2D eigenvalue weighted by molar-refractivity contribution is 6.06. The van der Waals surface area contributed by atoms with Crippen molar-refractivity contribution < 1.29 is 4.42 Å². The van der Waals surface area contributed by atoms with Crippen molar-refractivity contribution in [2.24, 2.45) is 0 Å². The van der Waals surface area contributed by atoms with E-state index in [1.807, 2.05) is 12.1 Å². The summed E-state index contributed by atoms with van der Waals surface area (Å²) in [6.07, 6.45) is 6.75. The minimum atomic E-state index is 0.869. The van der Waals surface area contributed by atoms with E-state index < -0.39 is 0 Å². The molecule has 2 aromatic heterocycles. The van der Waals surface area contributed by atoms with Gasteiger partial charge in [-0.2, -0.15) is 0 Å². The fourth-order valence-electron chi connectivity index (χ4n) is 9.50. The van der Waals surface area contributed by atoms with Gasteiger partial charge in [0.2, 0.25) is 0 Å². The van der Waals surface area contributed by atoms with Gasteiger partial charge in [0.25, 0.3) is 0 Å². The molecular formula is C58H40N2O. The molecule has 3 nitrogen and oxygen atoms in total. The maximum absolute atomic E-state index is 6.42. The zero-order valence-corrected chi connectivity index (χ0v) is 33.5. The highest BCUT2D eigenvalue weighted by Gasteiger charge is 2.21. The molecule has 0 radical (unpaired) electrons. The SMILES string of the molecule is C1=Cc2c(c3cc4ccccc4cc3n2-c2ccc(-c3ccccc3)c(-c3ccc(N(c4ccc(-c5ccccc5)cc4)c4ccc5c(c4)oc4ccccc45)cc3)c2)CC1. The van der Waals surface area contributed by atoms with Crippen LogP contribution in [0.3, 0.4) is 0 Å². The van der Waals surface area contributed by atoms with Gasteiger partial charge in [-0.1, -0.05) is 140 Å². The number of aryl methyl sites for hydroxylation is 1. The fraction of sp³-hybridized carbons (Fsp3) is 0.0345. The second kappa shape index (κ2) is 14.4. The predicted octanol–water partition coefficient (Wildman–Crippen LogP) is 16.1. The molecule has 0 aliphatic heterocycles. The number of aromatic nitrogens is 1. The summed E-state index contributed by atoms with van der Waals surface area (Å²) in [5.74, 6) is 0. The monoisotopic (exact) mass is 780 g/mol. The summed E-state index contributed by atoms with van der Waals surface area (Å²) in [6.45, 7) is 0. The predicted molar refractivity (Wildman–Crippen MR) is 256 cm³/mol. The van der Waals surface area contributed by atoms with Gasteiger partial charge in [-0.3, -0.25) is 0 Å². The van der Waals surface area contributed by atoms with E-state index in [9.17, 15) is 0 Å². The molecule has 0 N–H and O–H groups in total. The van der Waals surface area contributed by atoms with E-state index in [0.29, 0.717) is 0 Å². The molecule has 0 bridgehead atoms. The van der Waals surface area contributed by atoms with Gasteiger partial charge in [0, 0.05) is 50.7 Å². The minimum absolute atomic E-state index is 0.869. The number of allylic oxidation sites excluding steroid dienone is 1. The summed E-state index contributed by atoms with van der Waals surface area (Å²) in [5, 5.41) is 6.12. The van der Waals surface area contributed by atoms with Gasteiger partial charge in [-0.25, -0.2) is 0 Å². The van der Waals surface area contributed by atoms with Crippen molar-refractivity contribution in [3.8, 4) is 39.1 Å². The van der Waals surface area contributed by atoms with Gasteiger partial charge in [0.15, 0.2) is 0 Å². The van der Waals surface area contributed by atoms with Crippen LogP contribution in [0, 0.1) is 0 Å². The van der Waals surface area contributed by atoms with Crippen LogP contribution in [-0.2, 0) is 6.42 Å². The largest absolute Gasteiger partial charge is 0.456 e. The van der Waals surface area contributed by atoms with Crippen molar-refractivity contribution >= 4 is 66.8 Å². The molecule has 0 fully saturated rings. The van der Waals surface area contributed by atoms with Crippen molar-refractivity contribution in [2.45, 2.75) is 12.8 Å². The van der Waals surface area contributed by atoms with Gasteiger partial charge in [-0.15, -0.1) is 0 Å². The summed E-state index contributed by atoms with van der Waals surface area (Å²) in [5.41, 5.74) is 17.2. The van der Waals surface area contributed by atoms with Crippen LogP contribution in [0.2, 0.25) is 0 Å². The zero-order valence-electron chi connectivity index (χ0n) is 33.5. The number of para-hydroxylation sites is 1. The average Bonchev–Trinajstić information content (AvgIpc) is 3.86. The molecule has 2 heterocycles. The van der Waals surface area contributed by atoms with Gasteiger partial charge in [0.1, 0.15) is 11.2 Å². The van der Waals surface area contributed by atoms with Crippen LogP contribution >= 0.6 is 0 Å². The summed E-state index contributed by atoms with van der Waals surface area (Å²) >= 11 is 0. The van der Waals surface area contributed by atoms with Gasteiger partial charge >= 0.3 is 0 Å². The Hall–Kier alpha value is -7.88. The number of nitrogens with zero attached hydrogens (tertiary/aromatic N) is 2. The Morgan fingerprint density at radius 2 is 1.03 bits per heavy atom. The second-order valence-electron chi connectivity index (χ2n) is 16.0. The maximum atomic E-state index is 6.42. The summed E-state index contributed by atoms with van der Waals surface area (Å²) in [4.78, 5) is 2.33. The van der Waals surface area contributed by atoms with Gasteiger partial charge in [0.05, 0.1) is 5.52 Å². The number of hydrogen-bond acceptors (Lipinski definition) is 2. The van der Waals surface area contributed by atoms with E-state index in [4.69, 9.17) is 4.42 Å². The lowest BCUT2D eigenvalue weighted by molar-refractivity contribution is 0.669. The maximum Gasteiger partial charge on any atom is 0.137 e. The minimum Gasteiger partial charge on any atom is -0.456 e. The molecule has 1 aliphatic rings. The van der Waals surface area contributed by atoms with Crippen LogP contribution < -0.4 is 4.90 Å². The van der Waals surface area contributed by atoms with E-state index in [1.165, 1.54) is 60.8 Å². The van der Waals surface area contributed by atoms with Crippen LogP contribution in [0.15, 0.2) is 217 Å². The molecule has 288 valence electrons. The topological polar surface area (TPSA) is 21.3 Å². The third-order valence-corrected chi connectivity index (χ3v) is 12.5. The standard InChI is InChI=1S/C58H40N2O/c1-3-13-39(14-4-1)40-23-27-45(28-24-40)59(48-32-34-52-51-20-10-12-22-57(51)61-58(52)38-48)46-29-25-42(26-30-46)53-37-47(31-33-49(53)41-15-5-2-6-16-41)60-55-21-11-9-19-50(55)54-35-43-17-7-8-18-44(43)36-56(54)60/h1-8,10-18,20-38H,9,19H2. The first-order chi connectivity index (χ1) is 30.2. The second-order valence-corrected chi connectivity index (χ2v) is 16.0. The first-order valence-electron chi connectivity index (χ1n) is 21.1. The van der Waals surface area contributed by atoms with E-state index >= 15 is 0 Å². The molecule has 1 aliphatic carbocycles. The molecule has 0 amide bonds. The van der Waals surface area contributed by atoms with Crippen molar-refractivity contribution in [3.05, 3.63) is 224 Å². The van der Waals surface area contributed by atoms with E-state index in [1.54, 1.807) is 0 Å². The molecule has 0 saturated heterocycles. The Morgan fingerprint density at radius 1 is 0.426 bits per heavy atom. The van der Waals surface area contributed by atoms with Crippen molar-refractivity contribution in [1.29, 1.82) is 0 Å². The van der Waals surface area contributed by atoms with Gasteiger partial charge in [-0.05, 0) is 135 Å². The smallest absolute Gasteiger partial charge is 0.137 e. The Balaban J connectivity index is 1.01. The molecule has 9 aromatic carbocycles. The Labute approximate surface area is 354 Å². The number of rotatable bonds is 7. The quantitative estimate of drug-likeness (QED) is 0.161. The lowest BCUT2D eigenvalue weighted by Gasteiger charge is -2.26. The average molecular weight is 781 g/mol. The molecule has 11 aromatic rings. The first kappa shape index (κ1) is 35.1. The normalized spacial score (nSPS) is 12.4. The molecule has 3 heteroatoms. The Morgan fingerprint density at radius 3 is 1.80 bits per heavy atom. The van der Waals surface area contributed by atoms with Crippen LogP contribution in [0.25, 0.3) is 88.8 Å². The summed E-state index contributed by atoms with van der Waals surface area (Å²) in [6, 6.07) is 74.6. The molecule has 0 atom stereocenters. The number of fused-ring (bicyclic) bond motifs is 7. The van der Waals surface area contributed by atoms with Crippen molar-refractivity contribution in [1.82, 2.24) is 4.57 Å². The van der Waals surface area contributed by atoms with E-state index in [0.717, 1.165) is 63.1 Å². The summed E-state index contributed by atoms with van der Waals surface area (Å²) < 4.78 is 8.90. The third kappa shape index (κ3) is 6.05. The lowest BCUT2D eigenvalue weighted by atomic mass is 9.93. The molecule has 0 spiro atoms. The van der Waals surface area contributed by atoms with Crippen LogP contribution in [-0.4, -0.2) is 4.57 Å². The van der Waals surface area contributed by atoms with Crippen LogP contribution in [0.5, 0.6) is 0 Å². The van der Waals surface area contributed by atoms with Crippen LogP contribution in [0.4, 0.5) is 17.1 Å². The first-order valence-corrected chi connectivity index (χ1v) is 21.1. The number of hydrogen-bond donors (Lipinski definition) is 0. The van der Waals surface area contributed by atoms with E-state index in [-0.39, 0.29) is 0 Å². The molecule has 12 rings (SSSR count). The highest BCUT2D eigenvalue weighted by atomic mass is 16.3. The molecular weight excluding hydrogens is 741 g/mol.